The summed E-state index contributed by atoms with van der Waals surface area (Å²) in [5, 5.41) is 6.23. The van der Waals surface area contributed by atoms with Gasteiger partial charge in [0, 0.05) is 11.8 Å². The number of carbonyl (C=O) groups is 2. The largest absolute Gasteiger partial charge is 0.463 e. The molecule has 2 aromatic rings. The van der Waals surface area contributed by atoms with Gasteiger partial charge in [0.15, 0.2) is 13.2 Å². The maximum atomic E-state index is 11.7. The van der Waals surface area contributed by atoms with Gasteiger partial charge in [0.1, 0.15) is 5.76 Å². The number of esters is 1. The predicted octanol–water partition coefficient (Wildman–Crippen LogP) is 2.16. The number of aryl methyl sites for hydroxylation is 3. The average molecular weight is 318 g/mol. The highest BCUT2D eigenvalue weighted by atomic mass is 16.6. The maximum Gasteiger partial charge on any atom is 0.344 e. The van der Waals surface area contributed by atoms with E-state index in [0.29, 0.717) is 11.4 Å². The van der Waals surface area contributed by atoms with Gasteiger partial charge >= 0.3 is 5.97 Å². The number of ether oxygens (including phenoxy) is 2. The Morgan fingerprint density at radius 2 is 1.91 bits per heavy atom. The molecule has 0 fully saturated rings. The van der Waals surface area contributed by atoms with Gasteiger partial charge in [-0.1, -0.05) is 6.07 Å². The van der Waals surface area contributed by atoms with Gasteiger partial charge in [-0.3, -0.25) is 4.79 Å². The zero-order valence-electron chi connectivity index (χ0n) is 13.2. The number of anilines is 1. The van der Waals surface area contributed by atoms with Crippen LogP contribution < -0.4 is 10.1 Å². The van der Waals surface area contributed by atoms with E-state index in [9.17, 15) is 9.59 Å². The summed E-state index contributed by atoms with van der Waals surface area (Å²) in [5.74, 6) is -0.319. The van der Waals surface area contributed by atoms with Crippen molar-refractivity contribution in [3.05, 3.63) is 41.2 Å². The zero-order chi connectivity index (χ0) is 16.8. The number of benzene rings is 1. The summed E-state index contributed by atoms with van der Waals surface area (Å²) in [4.78, 5) is 23.2. The standard InChI is InChI=1S/C16H18N2O5/c1-10-4-5-13(6-11(10)2)17-14(19)8-22-16(20)9-21-15-7-12(3)23-18-15/h4-7H,8-9H2,1-3H3,(H,17,19). The summed E-state index contributed by atoms with van der Waals surface area (Å²) < 4.78 is 14.7. The average Bonchev–Trinajstić information content (AvgIpc) is 2.92. The highest BCUT2D eigenvalue weighted by Crippen LogP contribution is 2.14. The molecule has 0 aliphatic rings. The van der Waals surface area contributed by atoms with Crippen LogP contribution in [0.5, 0.6) is 5.88 Å². The van der Waals surface area contributed by atoms with Crippen LogP contribution >= 0.6 is 0 Å². The Bertz CT molecular complexity index is 708. The Balaban J connectivity index is 1.73. The van der Waals surface area contributed by atoms with E-state index in [1.807, 2.05) is 26.0 Å². The van der Waals surface area contributed by atoms with Crippen molar-refractivity contribution in [1.82, 2.24) is 5.16 Å². The van der Waals surface area contributed by atoms with E-state index in [4.69, 9.17) is 14.0 Å². The molecule has 1 aromatic carbocycles. The first-order valence-electron chi connectivity index (χ1n) is 7.03. The third-order valence-corrected chi connectivity index (χ3v) is 3.10. The summed E-state index contributed by atoms with van der Waals surface area (Å²) in [7, 11) is 0. The number of hydrogen-bond donors (Lipinski definition) is 1. The second-order valence-corrected chi connectivity index (χ2v) is 5.07. The minimum absolute atomic E-state index is 0.194. The van der Waals surface area contributed by atoms with Gasteiger partial charge in [-0.05, 0) is 49.2 Å². The molecule has 0 unspecified atom stereocenters. The summed E-state index contributed by atoms with van der Waals surface area (Å²) in [6.07, 6.45) is 0. The van der Waals surface area contributed by atoms with Gasteiger partial charge in [-0.25, -0.2) is 4.79 Å². The fourth-order valence-corrected chi connectivity index (χ4v) is 1.75. The first-order chi connectivity index (χ1) is 10.9. The van der Waals surface area contributed by atoms with Crippen molar-refractivity contribution in [2.75, 3.05) is 18.5 Å². The lowest BCUT2D eigenvalue weighted by Crippen LogP contribution is -2.23. The van der Waals surface area contributed by atoms with Crippen LogP contribution in [-0.2, 0) is 14.3 Å². The summed E-state index contributed by atoms with van der Waals surface area (Å²) in [6, 6.07) is 7.09. The lowest BCUT2D eigenvalue weighted by Gasteiger charge is -2.08. The van der Waals surface area contributed by atoms with Gasteiger partial charge in [0.25, 0.3) is 11.8 Å². The predicted molar refractivity (Wildman–Crippen MR) is 82.2 cm³/mol. The number of nitrogens with one attached hydrogen (secondary N) is 1. The SMILES string of the molecule is Cc1cc(OCC(=O)OCC(=O)Nc2ccc(C)c(C)c2)no1. The molecule has 0 spiro atoms. The van der Waals surface area contributed by atoms with Gasteiger partial charge in [-0.2, -0.15) is 0 Å². The van der Waals surface area contributed by atoms with Crippen LogP contribution in [0.4, 0.5) is 5.69 Å². The molecule has 1 N–H and O–H groups in total. The molecule has 2 rings (SSSR count). The number of nitrogens with zero attached hydrogens (tertiary/aromatic N) is 1. The molecule has 7 heteroatoms. The number of aromatic nitrogens is 1. The zero-order valence-corrected chi connectivity index (χ0v) is 13.2. The molecular formula is C16H18N2O5. The Morgan fingerprint density at radius 3 is 2.57 bits per heavy atom. The van der Waals surface area contributed by atoms with Crippen LogP contribution in [-0.4, -0.2) is 30.2 Å². The van der Waals surface area contributed by atoms with Crippen molar-refractivity contribution in [1.29, 1.82) is 0 Å². The number of amides is 1. The quantitative estimate of drug-likeness (QED) is 0.821. The Hall–Kier alpha value is -2.83. The van der Waals surface area contributed by atoms with E-state index in [2.05, 4.69) is 10.5 Å². The molecule has 1 aromatic heterocycles. The number of rotatable bonds is 6. The van der Waals surface area contributed by atoms with E-state index in [-0.39, 0.29) is 19.1 Å². The van der Waals surface area contributed by atoms with Crippen LogP contribution in [0.2, 0.25) is 0 Å². The number of carbonyl (C=O) groups excluding carboxylic acids is 2. The molecule has 122 valence electrons. The molecule has 0 saturated heterocycles. The van der Waals surface area contributed by atoms with E-state index in [1.54, 1.807) is 19.1 Å². The van der Waals surface area contributed by atoms with Crippen LogP contribution in [0.25, 0.3) is 0 Å². The van der Waals surface area contributed by atoms with Crippen LogP contribution in [0.15, 0.2) is 28.8 Å². The van der Waals surface area contributed by atoms with Crippen LogP contribution in [0.3, 0.4) is 0 Å². The highest BCUT2D eigenvalue weighted by Gasteiger charge is 2.10. The van der Waals surface area contributed by atoms with Crippen molar-refractivity contribution in [3.8, 4) is 5.88 Å². The molecule has 1 heterocycles. The Labute approximate surface area is 133 Å². The van der Waals surface area contributed by atoms with E-state index in [0.717, 1.165) is 11.1 Å². The van der Waals surface area contributed by atoms with Crippen molar-refractivity contribution >= 4 is 17.6 Å². The van der Waals surface area contributed by atoms with Crippen molar-refractivity contribution < 1.29 is 23.6 Å². The molecular weight excluding hydrogens is 300 g/mol. The second-order valence-electron chi connectivity index (χ2n) is 5.07. The molecule has 0 bridgehead atoms. The Kier molecular flexibility index (Phi) is 5.35. The minimum Gasteiger partial charge on any atom is -0.463 e. The normalized spacial score (nSPS) is 10.2. The maximum absolute atomic E-state index is 11.7. The lowest BCUT2D eigenvalue weighted by molar-refractivity contribution is -0.149. The molecule has 0 atom stereocenters. The van der Waals surface area contributed by atoms with Gasteiger partial charge in [0.2, 0.25) is 0 Å². The Morgan fingerprint density at radius 1 is 1.13 bits per heavy atom. The van der Waals surface area contributed by atoms with Crippen molar-refractivity contribution in [2.24, 2.45) is 0 Å². The van der Waals surface area contributed by atoms with Gasteiger partial charge < -0.3 is 19.3 Å². The molecule has 0 aliphatic carbocycles. The smallest absolute Gasteiger partial charge is 0.344 e. The van der Waals surface area contributed by atoms with Gasteiger partial charge in [0.05, 0.1) is 0 Å². The monoisotopic (exact) mass is 318 g/mol. The lowest BCUT2D eigenvalue weighted by atomic mass is 10.1. The van der Waals surface area contributed by atoms with E-state index < -0.39 is 11.9 Å². The fraction of sp³-hybridized carbons (Fsp3) is 0.312. The van der Waals surface area contributed by atoms with Crippen LogP contribution in [0.1, 0.15) is 16.9 Å². The van der Waals surface area contributed by atoms with E-state index in [1.165, 1.54) is 0 Å². The topological polar surface area (TPSA) is 90.7 Å². The third kappa shape index (κ3) is 5.14. The highest BCUT2D eigenvalue weighted by molar-refractivity contribution is 5.92. The second kappa shape index (κ2) is 7.44. The van der Waals surface area contributed by atoms with Crippen molar-refractivity contribution in [2.45, 2.75) is 20.8 Å². The summed E-state index contributed by atoms with van der Waals surface area (Å²) >= 11 is 0. The molecule has 23 heavy (non-hydrogen) atoms. The van der Waals surface area contributed by atoms with Crippen molar-refractivity contribution in [3.63, 3.8) is 0 Å². The molecule has 1 amide bonds. The van der Waals surface area contributed by atoms with E-state index >= 15 is 0 Å². The molecule has 7 nitrogen and oxygen atoms in total. The third-order valence-electron chi connectivity index (χ3n) is 3.10. The number of hydrogen-bond acceptors (Lipinski definition) is 6. The van der Waals surface area contributed by atoms with Crippen LogP contribution in [0, 0.1) is 20.8 Å². The molecule has 0 saturated carbocycles. The summed E-state index contributed by atoms with van der Waals surface area (Å²) in [6.45, 7) is 4.91. The molecule has 0 aliphatic heterocycles. The molecule has 0 radical (unpaired) electrons. The summed E-state index contributed by atoms with van der Waals surface area (Å²) in [5.41, 5.74) is 2.86. The van der Waals surface area contributed by atoms with Gasteiger partial charge in [-0.15, -0.1) is 0 Å². The first-order valence-corrected chi connectivity index (χ1v) is 7.03. The fourth-order valence-electron chi connectivity index (χ4n) is 1.75. The minimum atomic E-state index is -0.666. The first kappa shape index (κ1) is 16.5.